The van der Waals surface area contributed by atoms with E-state index in [-0.39, 0.29) is 24.3 Å². The molecule has 0 radical (unpaired) electrons. The van der Waals surface area contributed by atoms with Crippen LogP contribution < -0.4 is 10.6 Å². The summed E-state index contributed by atoms with van der Waals surface area (Å²) in [4.78, 5) is 24.7. The Morgan fingerprint density at radius 2 is 1.62 bits per heavy atom. The molecule has 1 heterocycles. The van der Waals surface area contributed by atoms with Crippen LogP contribution in [0.25, 0.3) is 16.9 Å². The Morgan fingerprint density at radius 1 is 0.969 bits per heavy atom. The van der Waals surface area contributed by atoms with Gasteiger partial charge in [0.05, 0.1) is 11.4 Å². The van der Waals surface area contributed by atoms with Gasteiger partial charge in [-0.05, 0) is 43.5 Å². The first-order chi connectivity index (χ1) is 15.3. The largest absolute Gasteiger partial charge is 0.353 e. The maximum absolute atomic E-state index is 12.6. The Balaban J connectivity index is 1.69. The van der Waals surface area contributed by atoms with Gasteiger partial charge in [-0.3, -0.25) is 9.59 Å². The summed E-state index contributed by atoms with van der Waals surface area (Å²) in [5.41, 5.74) is 2.48. The molecule has 7 heteroatoms. The first-order valence-electron chi connectivity index (χ1n) is 10.8. The molecule has 2 amide bonds. The van der Waals surface area contributed by atoms with Crippen LogP contribution in [0.2, 0.25) is 5.02 Å². The lowest BCUT2D eigenvalue weighted by molar-refractivity contribution is -0.122. The molecule has 0 aliphatic heterocycles. The number of hydrogen-bond donors (Lipinski definition) is 2. The van der Waals surface area contributed by atoms with Gasteiger partial charge >= 0.3 is 0 Å². The van der Waals surface area contributed by atoms with Crippen molar-refractivity contribution < 1.29 is 9.59 Å². The van der Waals surface area contributed by atoms with Crippen LogP contribution in [0, 0.1) is 5.92 Å². The minimum Gasteiger partial charge on any atom is -0.353 e. The Labute approximate surface area is 194 Å². The molecule has 1 aromatic heterocycles. The highest BCUT2D eigenvalue weighted by Crippen LogP contribution is 2.25. The molecule has 3 aromatic rings. The summed E-state index contributed by atoms with van der Waals surface area (Å²) in [5, 5.41) is 11.2. The van der Waals surface area contributed by atoms with Crippen LogP contribution in [0.1, 0.15) is 40.0 Å². The molecular weight excluding hydrogens is 424 g/mol. The van der Waals surface area contributed by atoms with Crippen LogP contribution >= 0.6 is 11.6 Å². The highest BCUT2D eigenvalue weighted by molar-refractivity contribution is 6.30. The summed E-state index contributed by atoms with van der Waals surface area (Å²) >= 11 is 6.02. The van der Waals surface area contributed by atoms with Crippen LogP contribution in [0.4, 0.5) is 5.82 Å². The van der Waals surface area contributed by atoms with Gasteiger partial charge in [-0.15, -0.1) is 0 Å². The van der Waals surface area contributed by atoms with Crippen LogP contribution in [0.5, 0.6) is 0 Å². The fraction of sp³-hybridized carbons (Fsp3) is 0.320. The lowest BCUT2D eigenvalue weighted by Crippen LogP contribution is -2.36. The van der Waals surface area contributed by atoms with Crippen molar-refractivity contribution in [2.75, 3.05) is 5.32 Å². The third-order valence-corrected chi connectivity index (χ3v) is 5.57. The number of benzene rings is 2. The van der Waals surface area contributed by atoms with Crippen molar-refractivity contribution >= 4 is 29.2 Å². The van der Waals surface area contributed by atoms with Gasteiger partial charge in [-0.1, -0.05) is 55.8 Å². The van der Waals surface area contributed by atoms with E-state index >= 15 is 0 Å². The minimum absolute atomic E-state index is 0.0310. The summed E-state index contributed by atoms with van der Waals surface area (Å²) < 4.78 is 1.69. The molecule has 0 spiro atoms. The first kappa shape index (κ1) is 23.5. The van der Waals surface area contributed by atoms with Gasteiger partial charge in [-0.25, -0.2) is 4.68 Å². The highest BCUT2D eigenvalue weighted by atomic mass is 35.5. The smallest absolute Gasteiger partial charge is 0.225 e. The standard InChI is InChI=1S/C25H29ClN4O2/c1-17(2)18(3)27-24(31)10-7-11-25(32)28-23-16-22(19-8-5-4-6-9-19)29-30(23)21-14-12-20(26)13-15-21/h4-6,8-9,12-18H,7,10-11H2,1-3H3,(H,27,31)(H,28,32)/t18-/m0/s1. The van der Waals surface area contributed by atoms with Gasteiger partial charge < -0.3 is 10.6 Å². The summed E-state index contributed by atoms with van der Waals surface area (Å²) in [6, 6.07) is 19.0. The lowest BCUT2D eigenvalue weighted by atomic mass is 10.1. The first-order valence-corrected chi connectivity index (χ1v) is 11.2. The van der Waals surface area contributed by atoms with Gasteiger partial charge in [0.25, 0.3) is 0 Å². The van der Waals surface area contributed by atoms with Gasteiger partial charge in [0.1, 0.15) is 5.82 Å². The number of amides is 2. The number of rotatable bonds is 9. The van der Waals surface area contributed by atoms with Crippen molar-refractivity contribution in [3.63, 3.8) is 0 Å². The number of halogens is 1. The van der Waals surface area contributed by atoms with Crippen molar-refractivity contribution in [2.24, 2.45) is 5.92 Å². The number of nitrogens with zero attached hydrogens (tertiary/aromatic N) is 2. The molecule has 3 rings (SSSR count). The van der Waals surface area contributed by atoms with E-state index < -0.39 is 0 Å². The van der Waals surface area contributed by atoms with Crippen LogP contribution in [-0.2, 0) is 9.59 Å². The molecule has 6 nitrogen and oxygen atoms in total. The van der Waals surface area contributed by atoms with E-state index in [1.807, 2.05) is 55.5 Å². The second-order valence-electron chi connectivity index (χ2n) is 8.17. The molecular formula is C25H29ClN4O2. The fourth-order valence-corrected chi connectivity index (χ4v) is 3.23. The quantitative estimate of drug-likeness (QED) is 0.452. The van der Waals surface area contributed by atoms with Crippen molar-refractivity contribution in [1.82, 2.24) is 15.1 Å². The van der Waals surface area contributed by atoms with E-state index in [1.165, 1.54) is 0 Å². The third kappa shape index (κ3) is 6.44. The summed E-state index contributed by atoms with van der Waals surface area (Å²) in [6.07, 6.45) is 1.04. The molecule has 1 atom stereocenters. The van der Waals surface area contributed by atoms with Gasteiger partial charge in [-0.2, -0.15) is 5.10 Å². The number of anilines is 1. The topological polar surface area (TPSA) is 76.0 Å². The third-order valence-electron chi connectivity index (χ3n) is 5.31. The molecule has 0 saturated carbocycles. The average molecular weight is 453 g/mol. The summed E-state index contributed by atoms with van der Waals surface area (Å²) in [6.45, 7) is 6.11. The normalized spacial score (nSPS) is 11.9. The number of carbonyl (C=O) groups excluding carboxylic acids is 2. The van der Waals surface area contributed by atoms with Crippen LogP contribution in [0.15, 0.2) is 60.7 Å². The Morgan fingerprint density at radius 3 is 2.28 bits per heavy atom. The molecule has 0 bridgehead atoms. The van der Waals surface area contributed by atoms with E-state index in [0.29, 0.717) is 29.6 Å². The second-order valence-corrected chi connectivity index (χ2v) is 8.61. The zero-order valence-corrected chi connectivity index (χ0v) is 19.4. The fourth-order valence-electron chi connectivity index (χ4n) is 3.11. The zero-order chi connectivity index (χ0) is 23.1. The number of hydrogen-bond acceptors (Lipinski definition) is 3. The summed E-state index contributed by atoms with van der Waals surface area (Å²) in [5.74, 6) is 0.740. The predicted octanol–water partition coefficient (Wildman–Crippen LogP) is 5.46. The molecule has 0 saturated heterocycles. The van der Waals surface area contributed by atoms with Gasteiger partial charge in [0.15, 0.2) is 0 Å². The van der Waals surface area contributed by atoms with E-state index in [2.05, 4.69) is 29.6 Å². The second kappa shape index (κ2) is 11.0. The maximum atomic E-state index is 12.6. The highest BCUT2D eigenvalue weighted by Gasteiger charge is 2.15. The summed E-state index contributed by atoms with van der Waals surface area (Å²) in [7, 11) is 0. The monoisotopic (exact) mass is 452 g/mol. The number of nitrogens with one attached hydrogen (secondary N) is 2. The molecule has 0 fully saturated rings. The van der Waals surface area contributed by atoms with Crippen molar-refractivity contribution in [1.29, 1.82) is 0 Å². The molecule has 0 aliphatic rings. The minimum atomic E-state index is -0.163. The van der Waals surface area contributed by atoms with Crippen LogP contribution in [-0.4, -0.2) is 27.6 Å². The predicted molar refractivity (Wildman–Crippen MR) is 129 cm³/mol. The molecule has 168 valence electrons. The molecule has 0 unspecified atom stereocenters. The molecule has 2 N–H and O–H groups in total. The SMILES string of the molecule is CC(C)[C@H](C)NC(=O)CCCC(=O)Nc1cc(-c2ccccc2)nn1-c1ccc(Cl)cc1. The van der Waals surface area contributed by atoms with Crippen LogP contribution in [0.3, 0.4) is 0 Å². The zero-order valence-electron chi connectivity index (χ0n) is 18.6. The lowest BCUT2D eigenvalue weighted by Gasteiger charge is -2.17. The van der Waals surface area contributed by atoms with E-state index in [4.69, 9.17) is 11.6 Å². The molecule has 0 aliphatic carbocycles. The van der Waals surface area contributed by atoms with E-state index in [9.17, 15) is 9.59 Å². The van der Waals surface area contributed by atoms with Gasteiger partial charge in [0.2, 0.25) is 11.8 Å². The Kier molecular flexibility index (Phi) is 8.06. The molecule has 32 heavy (non-hydrogen) atoms. The van der Waals surface area contributed by atoms with Gasteiger partial charge in [0, 0.05) is 35.5 Å². The Hall–Kier alpha value is -3.12. The van der Waals surface area contributed by atoms with E-state index in [1.54, 1.807) is 16.8 Å². The molecule has 2 aromatic carbocycles. The van der Waals surface area contributed by atoms with Crippen molar-refractivity contribution in [2.45, 2.75) is 46.1 Å². The number of carbonyl (C=O) groups is 2. The Bertz CT molecular complexity index is 1050. The maximum Gasteiger partial charge on any atom is 0.225 e. The van der Waals surface area contributed by atoms with Crippen molar-refractivity contribution in [3.8, 4) is 16.9 Å². The average Bonchev–Trinajstić information content (AvgIpc) is 3.18. The van der Waals surface area contributed by atoms with E-state index in [0.717, 1.165) is 16.9 Å². The number of aromatic nitrogens is 2. The van der Waals surface area contributed by atoms with Crippen molar-refractivity contribution in [3.05, 3.63) is 65.7 Å².